The van der Waals surface area contributed by atoms with Gasteiger partial charge in [0, 0.05) is 31.7 Å². The molecule has 0 saturated heterocycles. The molecule has 31 heavy (non-hydrogen) atoms. The van der Waals surface area contributed by atoms with Crippen LogP contribution in [0.2, 0.25) is 0 Å². The van der Waals surface area contributed by atoms with Crippen LogP contribution < -0.4 is 0 Å². The first-order chi connectivity index (χ1) is 14.9. The minimum absolute atomic E-state index is 0. The second-order valence-corrected chi connectivity index (χ2v) is 7.56. The van der Waals surface area contributed by atoms with Crippen molar-refractivity contribution < 1.29 is 20.1 Å². The summed E-state index contributed by atoms with van der Waals surface area (Å²) in [6, 6.07) is 39.5. The number of hydrogen-bond donors (Lipinski definition) is 0. The number of hydrogen-bond acceptors (Lipinski definition) is 1. The molecule has 6 rings (SSSR count). The van der Waals surface area contributed by atoms with E-state index in [0.717, 1.165) is 11.3 Å². The molecule has 0 aliphatic rings. The molecule has 0 amide bonds. The van der Waals surface area contributed by atoms with Gasteiger partial charge in [0.15, 0.2) is 0 Å². The van der Waals surface area contributed by atoms with Crippen molar-refractivity contribution in [2.45, 2.75) is 0 Å². The van der Waals surface area contributed by atoms with Crippen LogP contribution in [0.4, 0.5) is 0 Å². The molecule has 1 heterocycles. The van der Waals surface area contributed by atoms with Gasteiger partial charge in [-0.3, -0.25) is 0 Å². The fourth-order valence-corrected chi connectivity index (χ4v) is 4.37. The largest absolute Gasteiger partial charge is 0.304 e. The molecule has 0 saturated carbocycles. The van der Waals surface area contributed by atoms with Crippen LogP contribution in [0.3, 0.4) is 0 Å². The Labute approximate surface area is 194 Å². The molecule has 0 atom stereocenters. The molecule has 5 aromatic carbocycles. The first-order valence-corrected chi connectivity index (χ1v) is 10.2. The van der Waals surface area contributed by atoms with Crippen molar-refractivity contribution >= 4 is 32.3 Å². The standard InChI is InChI=1S/C29H18N.Ir/c1-2-9-20(10-3-1)21-11-8-12-22(17-21)29-18-27-25-15-6-4-13-23(25)24-14-5-7-16-26(24)28(27)19-30-29;/h1-11,13-19H;/q-1;. The molecule has 0 N–H and O–H groups in total. The van der Waals surface area contributed by atoms with Crippen molar-refractivity contribution in [2.24, 2.45) is 0 Å². The molecule has 149 valence electrons. The van der Waals surface area contributed by atoms with Gasteiger partial charge in [-0.2, -0.15) is 0 Å². The van der Waals surface area contributed by atoms with Crippen LogP contribution in [0.15, 0.2) is 109 Å². The maximum atomic E-state index is 4.84. The van der Waals surface area contributed by atoms with Gasteiger partial charge in [0.1, 0.15) is 0 Å². The summed E-state index contributed by atoms with van der Waals surface area (Å²) in [6.45, 7) is 0. The summed E-state index contributed by atoms with van der Waals surface area (Å²) < 4.78 is 0. The van der Waals surface area contributed by atoms with Crippen LogP contribution in [-0.2, 0) is 20.1 Å². The summed E-state index contributed by atoms with van der Waals surface area (Å²) in [5, 5.41) is 7.47. The summed E-state index contributed by atoms with van der Waals surface area (Å²) in [5.74, 6) is 0. The van der Waals surface area contributed by atoms with Gasteiger partial charge in [-0.05, 0) is 38.2 Å². The molecule has 2 heteroatoms. The molecule has 1 aromatic heterocycles. The summed E-state index contributed by atoms with van der Waals surface area (Å²) in [5.41, 5.74) is 4.33. The second-order valence-electron chi connectivity index (χ2n) is 7.56. The Hall–Kier alpha value is -3.32. The molecular formula is C29H18IrN-. The number of pyridine rings is 1. The molecule has 1 nitrogen and oxygen atoms in total. The van der Waals surface area contributed by atoms with Gasteiger partial charge in [-0.25, -0.2) is 0 Å². The Morgan fingerprint density at radius 3 is 1.77 bits per heavy atom. The van der Waals surface area contributed by atoms with Crippen LogP contribution in [-0.4, -0.2) is 4.98 Å². The van der Waals surface area contributed by atoms with E-state index in [-0.39, 0.29) is 20.1 Å². The van der Waals surface area contributed by atoms with Crippen molar-refractivity contribution in [3.63, 3.8) is 0 Å². The van der Waals surface area contributed by atoms with E-state index in [1.54, 1.807) is 0 Å². The Morgan fingerprint density at radius 2 is 1.10 bits per heavy atom. The zero-order valence-electron chi connectivity index (χ0n) is 16.7. The molecule has 0 bridgehead atoms. The molecule has 0 fully saturated rings. The van der Waals surface area contributed by atoms with Gasteiger partial charge in [-0.15, -0.1) is 35.4 Å². The predicted molar refractivity (Wildman–Crippen MR) is 126 cm³/mol. The van der Waals surface area contributed by atoms with E-state index in [4.69, 9.17) is 4.98 Å². The third-order valence-electron chi connectivity index (χ3n) is 5.81. The van der Waals surface area contributed by atoms with E-state index < -0.39 is 0 Å². The van der Waals surface area contributed by atoms with Crippen molar-refractivity contribution in [1.82, 2.24) is 4.98 Å². The monoisotopic (exact) mass is 573 g/mol. The Morgan fingerprint density at radius 1 is 0.516 bits per heavy atom. The summed E-state index contributed by atoms with van der Waals surface area (Å²) >= 11 is 0. The number of benzene rings is 5. The third-order valence-corrected chi connectivity index (χ3v) is 5.81. The Kier molecular flexibility index (Phi) is 5.11. The van der Waals surface area contributed by atoms with Gasteiger partial charge in [0.2, 0.25) is 0 Å². The van der Waals surface area contributed by atoms with Crippen LogP contribution in [0.25, 0.3) is 54.7 Å². The van der Waals surface area contributed by atoms with E-state index in [1.807, 2.05) is 18.3 Å². The van der Waals surface area contributed by atoms with Crippen LogP contribution >= 0.6 is 0 Å². The minimum atomic E-state index is 0. The van der Waals surface area contributed by atoms with E-state index in [0.29, 0.717) is 0 Å². The summed E-state index contributed by atoms with van der Waals surface area (Å²) in [6.07, 6.45) is 2.02. The first kappa shape index (κ1) is 19.6. The minimum Gasteiger partial charge on any atom is -0.304 e. The zero-order chi connectivity index (χ0) is 19.9. The normalized spacial score (nSPS) is 11.0. The fourth-order valence-electron chi connectivity index (χ4n) is 4.37. The number of rotatable bonds is 2. The SMILES string of the molecule is [Ir].[c-]1ccc(-c2ccccc2)cc1-c1cc2c3ccccc3c3ccccc3c2cn1. The topological polar surface area (TPSA) is 12.9 Å². The smallest absolute Gasteiger partial charge is 0.0245 e. The van der Waals surface area contributed by atoms with E-state index in [2.05, 4.69) is 97.1 Å². The Bertz CT molecular complexity index is 1500. The molecule has 0 aliphatic carbocycles. The number of aromatic nitrogens is 1. The van der Waals surface area contributed by atoms with Crippen molar-refractivity contribution in [2.75, 3.05) is 0 Å². The molecule has 1 radical (unpaired) electrons. The first-order valence-electron chi connectivity index (χ1n) is 10.2. The van der Waals surface area contributed by atoms with Gasteiger partial charge < -0.3 is 4.98 Å². The summed E-state index contributed by atoms with van der Waals surface area (Å²) in [4.78, 5) is 4.84. The number of nitrogens with zero attached hydrogens (tertiary/aromatic N) is 1. The van der Waals surface area contributed by atoms with Crippen molar-refractivity contribution in [3.05, 3.63) is 115 Å². The average Bonchev–Trinajstić information content (AvgIpc) is 2.84. The van der Waals surface area contributed by atoms with E-state index in [9.17, 15) is 0 Å². The zero-order valence-corrected chi connectivity index (χ0v) is 19.1. The molecule has 0 aliphatic heterocycles. The van der Waals surface area contributed by atoms with E-state index >= 15 is 0 Å². The summed E-state index contributed by atoms with van der Waals surface area (Å²) in [7, 11) is 0. The average molecular weight is 573 g/mol. The predicted octanol–water partition coefficient (Wildman–Crippen LogP) is 7.67. The van der Waals surface area contributed by atoms with Crippen molar-refractivity contribution in [1.29, 1.82) is 0 Å². The van der Waals surface area contributed by atoms with Crippen LogP contribution in [0, 0.1) is 6.07 Å². The second kappa shape index (κ2) is 8.07. The quantitative estimate of drug-likeness (QED) is 0.153. The van der Waals surface area contributed by atoms with Gasteiger partial charge >= 0.3 is 0 Å². The van der Waals surface area contributed by atoms with Crippen LogP contribution in [0.5, 0.6) is 0 Å². The van der Waals surface area contributed by atoms with Crippen molar-refractivity contribution in [3.8, 4) is 22.4 Å². The molecule has 0 unspecified atom stereocenters. The van der Waals surface area contributed by atoms with Crippen LogP contribution in [0.1, 0.15) is 0 Å². The number of fused-ring (bicyclic) bond motifs is 6. The third kappa shape index (κ3) is 3.35. The fraction of sp³-hybridized carbons (Fsp3) is 0. The van der Waals surface area contributed by atoms with Gasteiger partial charge in [0.05, 0.1) is 0 Å². The van der Waals surface area contributed by atoms with Gasteiger partial charge in [-0.1, -0.05) is 84.9 Å². The molecule has 6 aromatic rings. The van der Waals surface area contributed by atoms with E-state index in [1.165, 1.54) is 43.4 Å². The van der Waals surface area contributed by atoms with Gasteiger partial charge in [0.25, 0.3) is 0 Å². The molecular weight excluding hydrogens is 555 g/mol. The Balaban J connectivity index is 0.00000204. The molecule has 0 spiro atoms. The maximum absolute atomic E-state index is 4.84. The maximum Gasteiger partial charge on any atom is 0.0245 e.